The van der Waals surface area contributed by atoms with Crippen LogP contribution in [0.2, 0.25) is 0 Å². The second-order valence-electron chi connectivity index (χ2n) is 4.47. The average Bonchev–Trinajstić information content (AvgIpc) is 2.96. The Morgan fingerprint density at radius 3 is 2.78 bits per heavy atom. The molecule has 1 fully saturated rings. The maximum absolute atomic E-state index is 10.9. The minimum atomic E-state index is -1.08. The molecule has 1 aliphatic rings. The molecule has 2 aromatic heterocycles. The van der Waals surface area contributed by atoms with Crippen LogP contribution in [0.3, 0.4) is 0 Å². The zero-order chi connectivity index (χ0) is 12.7. The molecule has 0 radical (unpaired) electrons. The van der Waals surface area contributed by atoms with Crippen LogP contribution in [0.4, 0.5) is 0 Å². The van der Waals surface area contributed by atoms with Crippen LogP contribution >= 0.6 is 12.6 Å². The highest BCUT2D eigenvalue weighted by molar-refractivity contribution is 7.80. The number of carbonyl (C=O) groups is 1. The van der Waals surface area contributed by atoms with Crippen LogP contribution in [0.25, 0.3) is 5.78 Å². The number of carboxylic acids is 1. The summed E-state index contributed by atoms with van der Waals surface area (Å²) in [6.07, 6.45) is 4.57. The van der Waals surface area contributed by atoms with Crippen LogP contribution in [0.5, 0.6) is 0 Å². The molecule has 94 valence electrons. The van der Waals surface area contributed by atoms with E-state index in [2.05, 4.69) is 27.7 Å². The molecule has 1 N–H and O–H groups in total. The van der Waals surface area contributed by atoms with E-state index >= 15 is 0 Å². The summed E-state index contributed by atoms with van der Waals surface area (Å²) in [6, 6.07) is 1.38. The second kappa shape index (κ2) is 4.24. The van der Waals surface area contributed by atoms with E-state index in [1.165, 1.54) is 23.4 Å². The molecule has 1 aliphatic carbocycles. The van der Waals surface area contributed by atoms with Crippen LogP contribution in [-0.2, 0) is 0 Å². The van der Waals surface area contributed by atoms with Crippen molar-refractivity contribution in [2.45, 2.75) is 36.6 Å². The molecular weight excluding hydrogens is 252 g/mol. The first kappa shape index (κ1) is 11.5. The van der Waals surface area contributed by atoms with Crippen LogP contribution in [0.15, 0.2) is 11.1 Å². The zero-order valence-corrected chi connectivity index (χ0v) is 10.5. The summed E-state index contributed by atoms with van der Waals surface area (Å²) < 4.78 is 1.49. The Kier molecular flexibility index (Phi) is 2.70. The lowest BCUT2D eigenvalue weighted by atomic mass is 10.1. The number of nitrogens with zero attached hydrogens (tertiary/aromatic N) is 4. The molecule has 0 atom stereocenters. The Hall–Kier alpha value is -1.63. The lowest BCUT2D eigenvalue weighted by molar-refractivity contribution is 0.0690. The van der Waals surface area contributed by atoms with Gasteiger partial charge in [0, 0.05) is 12.0 Å². The molecule has 0 bridgehead atoms. The minimum Gasteiger partial charge on any atom is -0.477 e. The highest BCUT2D eigenvalue weighted by Gasteiger charge is 2.22. The summed E-state index contributed by atoms with van der Waals surface area (Å²) in [5.74, 6) is 0.338. The third-order valence-corrected chi connectivity index (χ3v) is 3.57. The van der Waals surface area contributed by atoms with Gasteiger partial charge in [0.1, 0.15) is 5.03 Å². The normalized spacial score (nSPS) is 16.5. The Labute approximate surface area is 108 Å². The number of fused-ring (bicyclic) bond motifs is 1. The first-order valence-corrected chi connectivity index (χ1v) is 6.30. The van der Waals surface area contributed by atoms with Crippen molar-refractivity contribution < 1.29 is 9.90 Å². The summed E-state index contributed by atoms with van der Waals surface area (Å²) in [4.78, 5) is 19.2. The highest BCUT2D eigenvalue weighted by Crippen LogP contribution is 2.32. The first-order valence-electron chi connectivity index (χ1n) is 5.85. The number of aromatic nitrogens is 4. The van der Waals surface area contributed by atoms with Crippen molar-refractivity contribution in [3.63, 3.8) is 0 Å². The minimum absolute atomic E-state index is 0.0575. The fourth-order valence-corrected chi connectivity index (χ4v) is 2.59. The van der Waals surface area contributed by atoms with Crippen molar-refractivity contribution in [2.75, 3.05) is 0 Å². The molecule has 18 heavy (non-hydrogen) atoms. The third kappa shape index (κ3) is 1.84. The van der Waals surface area contributed by atoms with Gasteiger partial charge >= 0.3 is 5.97 Å². The molecule has 3 rings (SSSR count). The fraction of sp³-hybridized carbons (Fsp3) is 0.455. The molecule has 2 aromatic rings. The van der Waals surface area contributed by atoms with Crippen LogP contribution in [-0.4, -0.2) is 30.7 Å². The van der Waals surface area contributed by atoms with Gasteiger partial charge in [0.15, 0.2) is 11.5 Å². The van der Waals surface area contributed by atoms with E-state index in [0.717, 1.165) is 18.7 Å². The van der Waals surface area contributed by atoms with Crippen molar-refractivity contribution in [1.82, 2.24) is 19.6 Å². The molecule has 0 unspecified atom stereocenters. The van der Waals surface area contributed by atoms with Gasteiger partial charge in [0.25, 0.3) is 5.78 Å². The van der Waals surface area contributed by atoms with Gasteiger partial charge in [-0.05, 0) is 12.8 Å². The molecule has 0 spiro atoms. The molecule has 0 aromatic carbocycles. The van der Waals surface area contributed by atoms with Gasteiger partial charge in [0.05, 0.1) is 0 Å². The van der Waals surface area contributed by atoms with Gasteiger partial charge < -0.3 is 5.11 Å². The van der Waals surface area contributed by atoms with Crippen molar-refractivity contribution in [3.05, 3.63) is 17.6 Å². The first-order chi connectivity index (χ1) is 8.65. The number of rotatable bonds is 2. The molecule has 1 saturated carbocycles. The van der Waals surface area contributed by atoms with E-state index in [0.29, 0.717) is 16.7 Å². The average molecular weight is 264 g/mol. The molecule has 0 aliphatic heterocycles. The molecule has 6 nitrogen and oxygen atoms in total. The molecule has 7 heteroatoms. The van der Waals surface area contributed by atoms with Gasteiger partial charge in [0.2, 0.25) is 0 Å². The van der Waals surface area contributed by atoms with Gasteiger partial charge in [-0.15, -0.1) is 17.7 Å². The van der Waals surface area contributed by atoms with Crippen molar-refractivity contribution in [2.24, 2.45) is 0 Å². The second-order valence-corrected chi connectivity index (χ2v) is 4.93. The summed E-state index contributed by atoms with van der Waals surface area (Å²) in [7, 11) is 0. The third-order valence-electron chi connectivity index (χ3n) is 3.25. The molecular formula is C11H12N4O2S. The molecule has 2 heterocycles. The van der Waals surface area contributed by atoms with E-state index in [9.17, 15) is 4.79 Å². The number of hydrogen-bond donors (Lipinski definition) is 2. The van der Waals surface area contributed by atoms with Gasteiger partial charge in [-0.2, -0.15) is 9.50 Å². The van der Waals surface area contributed by atoms with Crippen molar-refractivity contribution in [3.8, 4) is 0 Å². The van der Waals surface area contributed by atoms with E-state index in [1.807, 2.05) is 0 Å². The van der Waals surface area contributed by atoms with Crippen LogP contribution in [0, 0.1) is 0 Å². The molecule has 0 amide bonds. The molecule has 0 saturated heterocycles. The Balaban J connectivity index is 2.10. The standard InChI is InChI=1S/C11H12N4O2S/c16-10(17)7-5-8(18)15-11(12-7)13-9(14-15)6-3-1-2-4-6/h5-6,18H,1-4H2,(H,16,17). The van der Waals surface area contributed by atoms with Gasteiger partial charge in [-0.1, -0.05) is 12.8 Å². The zero-order valence-electron chi connectivity index (χ0n) is 9.57. The summed E-state index contributed by atoms with van der Waals surface area (Å²) >= 11 is 4.23. The summed E-state index contributed by atoms with van der Waals surface area (Å²) in [5, 5.41) is 13.7. The van der Waals surface area contributed by atoms with Crippen molar-refractivity contribution >= 4 is 24.4 Å². The highest BCUT2D eigenvalue weighted by atomic mass is 32.1. The Bertz CT molecular complexity index is 619. The fourth-order valence-electron chi connectivity index (χ4n) is 2.34. The monoisotopic (exact) mass is 264 g/mol. The maximum atomic E-state index is 10.9. The maximum Gasteiger partial charge on any atom is 0.354 e. The van der Waals surface area contributed by atoms with E-state index in [1.54, 1.807) is 0 Å². The van der Waals surface area contributed by atoms with E-state index in [4.69, 9.17) is 5.11 Å². The van der Waals surface area contributed by atoms with Crippen LogP contribution < -0.4 is 0 Å². The number of aromatic carboxylic acids is 1. The number of carboxylic acid groups (broad SMARTS) is 1. The topological polar surface area (TPSA) is 80.4 Å². The summed E-state index contributed by atoms with van der Waals surface area (Å²) in [6.45, 7) is 0. The number of hydrogen-bond acceptors (Lipinski definition) is 5. The van der Waals surface area contributed by atoms with E-state index in [-0.39, 0.29) is 5.69 Å². The smallest absolute Gasteiger partial charge is 0.354 e. The van der Waals surface area contributed by atoms with Crippen molar-refractivity contribution in [1.29, 1.82) is 0 Å². The van der Waals surface area contributed by atoms with Gasteiger partial charge in [-0.3, -0.25) is 0 Å². The summed E-state index contributed by atoms with van der Waals surface area (Å²) in [5.41, 5.74) is -0.0575. The van der Waals surface area contributed by atoms with E-state index < -0.39 is 5.97 Å². The lowest BCUT2D eigenvalue weighted by Gasteiger charge is -2.00. The number of thiol groups is 1. The predicted octanol–water partition coefficient (Wildman–Crippen LogP) is 1.77. The Morgan fingerprint density at radius 1 is 1.39 bits per heavy atom. The quantitative estimate of drug-likeness (QED) is 0.638. The van der Waals surface area contributed by atoms with Crippen LogP contribution in [0.1, 0.15) is 47.9 Å². The Morgan fingerprint density at radius 2 is 2.11 bits per heavy atom. The predicted molar refractivity (Wildman–Crippen MR) is 66.2 cm³/mol. The largest absolute Gasteiger partial charge is 0.477 e. The SMILES string of the molecule is O=C(O)c1cc(S)n2nc(C3CCCC3)nc2n1. The van der Waals surface area contributed by atoms with Gasteiger partial charge in [-0.25, -0.2) is 9.78 Å². The lowest BCUT2D eigenvalue weighted by Crippen LogP contribution is -2.04.